The molecule has 0 aliphatic rings. The highest BCUT2D eigenvalue weighted by Crippen LogP contribution is 2.09. The van der Waals surface area contributed by atoms with Gasteiger partial charge in [0.2, 0.25) is 5.91 Å². The molecule has 0 heterocycles. The molecule has 2 amide bonds. The summed E-state index contributed by atoms with van der Waals surface area (Å²) in [5.74, 6) is -0.427. The molecule has 5 nitrogen and oxygen atoms in total. The molecule has 0 spiro atoms. The Morgan fingerprint density at radius 2 is 1.70 bits per heavy atom. The van der Waals surface area contributed by atoms with Crippen LogP contribution >= 0.6 is 12.2 Å². The Kier molecular flexibility index (Phi) is 7.70. The Bertz CT molecular complexity index is 828. The van der Waals surface area contributed by atoms with Gasteiger partial charge in [0.1, 0.15) is 0 Å². The summed E-state index contributed by atoms with van der Waals surface area (Å²) in [6, 6.07) is 14.7. The molecule has 2 rings (SSSR count). The van der Waals surface area contributed by atoms with Crippen LogP contribution in [0.2, 0.25) is 0 Å². The molecule has 0 saturated carbocycles. The molecule has 3 N–H and O–H groups in total. The van der Waals surface area contributed by atoms with Gasteiger partial charge in [-0.05, 0) is 61.5 Å². The number of carbonyl (C=O) groups excluding carboxylic acids is 2. The number of anilines is 1. The number of rotatable bonds is 6. The summed E-state index contributed by atoms with van der Waals surface area (Å²) >= 11 is 5.15. The minimum absolute atomic E-state index is 0.111. The molecule has 2 aromatic carbocycles. The van der Waals surface area contributed by atoms with Gasteiger partial charge in [0, 0.05) is 23.9 Å². The van der Waals surface area contributed by atoms with Crippen LogP contribution < -0.4 is 16.0 Å². The van der Waals surface area contributed by atoms with Crippen molar-refractivity contribution in [2.75, 3.05) is 11.9 Å². The third kappa shape index (κ3) is 7.03. The minimum Gasteiger partial charge on any atom is -0.352 e. The average molecular weight is 382 g/mol. The van der Waals surface area contributed by atoms with Crippen molar-refractivity contribution in [3.8, 4) is 0 Å². The fraction of sp³-hybridized carbons (Fsp3) is 0.190. The second-order valence-corrected chi connectivity index (χ2v) is 6.43. The molecule has 140 valence electrons. The smallest absolute Gasteiger partial charge is 0.251 e. The molecule has 0 radical (unpaired) electrons. The first-order chi connectivity index (χ1) is 13.0. The first-order valence-electron chi connectivity index (χ1n) is 8.73. The number of hydrogen-bond donors (Lipinski definition) is 3. The molecule has 0 aliphatic heterocycles. The Morgan fingerprint density at radius 1 is 1.04 bits per heavy atom. The van der Waals surface area contributed by atoms with Crippen LogP contribution in [-0.2, 0) is 4.79 Å². The number of benzene rings is 2. The van der Waals surface area contributed by atoms with Gasteiger partial charge in [-0.2, -0.15) is 0 Å². The quantitative estimate of drug-likeness (QED) is 0.528. The predicted molar refractivity (Wildman–Crippen MR) is 114 cm³/mol. The third-order valence-electron chi connectivity index (χ3n) is 3.68. The maximum absolute atomic E-state index is 11.9. The van der Waals surface area contributed by atoms with Gasteiger partial charge in [-0.15, -0.1) is 0 Å². The first kappa shape index (κ1) is 20.3. The zero-order valence-electron chi connectivity index (χ0n) is 15.4. The fourth-order valence-corrected chi connectivity index (χ4v) is 2.43. The van der Waals surface area contributed by atoms with E-state index in [0.717, 1.165) is 17.5 Å². The van der Waals surface area contributed by atoms with E-state index in [1.807, 2.05) is 38.1 Å². The molecule has 0 saturated heterocycles. The minimum atomic E-state index is -0.316. The number of thiocarbonyl (C=S) groups is 1. The van der Waals surface area contributed by atoms with Gasteiger partial charge < -0.3 is 10.6 Å². The van der Waals surface area contributed by atoms with Crippen molar-refractivity contribution in [3.05, 3.63) is 71.3 Å². The molecule has 0 bridgehead atoms. The van der Waals surface area contributed by atoms with Gasteiger partial charge in [0.05, 0.1) is 0 Å². The molecule has 2 aromatic rings. The van der Waals surface area contributed by atoms with E-state index in [1.54, 1.807) is 30.3 Å². The van der Waals surface area contributed by atoms with Crippen molar-refractivity contribution in [2.45, 2.75) is 20.3 Å². The van der Waals surface area contributed by atoms with Crippen LogP contribution in [0.5, 0.6) is 0 Å². The van der Waals surface area contributed by atoms with Crippen molar-refractivity contribution in [3.63, 3.8) is 0 Å². The lowest BCUT2D eigenvalue weighted by Crippen LogP contribution is -2.32. The highest BCUT2D eigenvalue weighted by molar-refractivity contribution is 7.80. The molecule has 0 fully saturated rings. The normalized spacial score (nSPS) is 10.4. The van der Waals surface area contributed by atoms with Crippen LogP contribution in [0.4, 0.5) is 5.69 Å². The van der Waals surface area contributed by atoms with Crippen molar-refractivity contribution >= 4 is 40.9 Å². The number of nitrogens with one attached hydrogen (secondary N) is 3. The van der Waals surface area contributed by atoms with Gasteiger partial charge in [0.15, 0.2) is 5.11 Å². The van der Waals surface area contributed by atoms with Gasteiger partial charge in [0.25, 0.3) is 5.91 Å². The topological polar surface area (TPSA) is 70.2 Å². The number of hydrogen-bond acceptors (Lipinski definition) is 3. The van der Waals surface area contributed by atoms with Crippen LogP contribution in [-0.4, -0.2) is 23.5 Å². The summed E-state index contributed by atoms with van der Waals surface area (Å²) in [6.45, 7) is 4.65. The number of aryl methyl sites for hydroxylation is 1. The van der Waals surface area contributed by atoms with Crippen molar-refractivity contribution in [2.24, 2.45) is 0 Å². The lowest BCUT2D eigenvalue weighted by Gasteiger charge is -2.09. The second kappa shape index (κ2) is 10.2. The largest absolute Gasteiger partial charge is 0.352 e. The number of amides is 2. The Labute approximate surface area is 164 Å². The SMILES string of the molecule is CCCNC(=O)c1ccc(NC(=S)NC(=O)/C=C/c2ccc(C)cc2)cc1. The maximum atomic E-state index is 11.9. The van der Waals surface area contributed by atoms with Gasteiger partial charge >= 0.3 is 0 Å². The summed E-state index contributed by atoms with van der Waals surface area (Å²) in [5, 5.41) is 8.52. The zero-order valence-corrected chi connectivity index (χ0v) is 16.2. The van der Waals surface area contributed by atoms with Crippen LogP contribution in [0.25, 0.3) is 6.08 Å². The van der Waals surface area contributed by atoms with Crippen molar-refractivity contribution in [1.82, 2.24) is 10.6 Å². The van der Waals surface area contributed by atoms with Gasteiger partial charge in [-0.1, -0.05) is 36.8 Å². The van der Waals surface area contributed by atoms with Crippen LogP contribution in [0.15, 0.2) is 54.6 Å². The molecular formula is C21H23N3O2S. The molecule has 0 atom stereocenters. The lowest BCUT2D eigenvalue weighted by molar-refractivity contribution is -0.115. The summed E-state index contributed by atoms with van der Waals surface area (Å²) < 4.78 is 0. The van der Waals surface area contributed by atoms with E-state index in [2.05, 4.69) is 16.0 Å². The second-order valence-electron chi connectivity index (χ2n) is 6.02. The summed E-state index contributed by atoms with van der Waals surface area (Å²) in [5.41, 5.74) is 3.36. The molecular weight excluding hydrogens is 358 g/mol. The van der Waals surface area contributed by atoms with Gasteiger partial charge in [-0.25, -0.2) is 0 Å². The Balaban J connectivity index is 1.84. The molecule has 0 unspecified atom stereocenters. The van der Waals surface area contributed by atoms with Crippen molar-refractivity contribution < 1.29 is 9.59 Å². The van der Waals surface area contributed by atoms with Crippen LogP contribution in [0.1, 0.15) is 34.8 Å². The lowest BCUT2D eigenvalue weighted by atomic mass is 10.1. The van der Waals surface area contributed by atoms with E-state index in [-0.39, 0.29) is 16.9 Å². The summed E-state index contributed by atoms with van der Waals surface area (Å²) in [6.07, 6.45) is 4.04. The van der Waals surface area contributed by atoms with E-state index < -0.39 is 0 Å². The predicted octanol–water partition coefficient (Wildman–Crippen LogP) is 3.66. The molecule has 6 heteroatoms. The fourth-order valence-electron chi connectivity index (χ4n) is 2.21. The third-order valence-corrected chi connectivity index (χ3v) is 3.89. The van der Waals surface area contributed by atoms with Crippen LogP contribution in [0.3, 0.4) is 0 Å². The Morgan fingerprint density at radius 3 is 2.33 bits per heavy atom. The summed E-state index contributed by atoms with van der Waals surface area (Å²) in [7, 11) is 0. The average Bonchev–Trinajstić information content (AvgIpc) is 2.66. The first-order valence-corrected chi connectivity index (χ1v) is 9.13. The Hall–Kier alpha value is -2.99. The van der Waals surface area contributed by atoms with Crippen LogP contribution in [0, 0.1) is 6.92 Å². The van der Waals surface area contributed by atoms with Crippen molar-refractivity contribution in [1.29, 1.82) is 0 Å². The standard InChI is InChI=1S/C21H23N3O2S/c1-3-14-22-20(26)17-9-11-18(12-10-17)23-21(27)24-19(25)13-8-16-6-4-15(2)5-7-16/h4-13H,3,14H2,1-2H3,(H,22,26)(H2,23,24,25,27)/b13-8+. The molecule has 0 aliphatic carbocycles. The number of carbonyl (C=O) groups is 2. The highest BCUT2D eigenvalue weighted by Gasteiger charge is 2.05. The summed E-state index contributed by atoms with van der Waals surface area (Å²) in [4.78, 5) is 23.8. The molecule has 0 aromatic heterocycles. The maximum Gasteiger partial charge on any atom is 0.251 e. The monoisotopic (exact) mass is 381 g/mol. The van der Waals surface area contributed by atoms with E-state index >= 15 is 0 Å². The van der Waals surface area contributed by atoms with E-state index in [9.17, 15) is 9.59 Å². The van der Waals surface area contributed by atoms with E-state index in [0.29, 0.717) is 17.8 Å². The van der Waals surface area contributed by atoms with E-state index in [4.69, 9.17) is 12.2 Å². The molecule has 27 heavy (non-hydrogen) atoms. The van der Waals surface area contributed by atoms with E-state index in [1.165, 1.54) is 6.08 Å². The zero-order chi connectivity index (χ0) is 19.6. The highest BCUT2D eigenvalue weighted by atomic mass is 32.1. The van der Waals surface area contributed by atoms with Gasteiger partial charge in [-0.3, -0.25) is 14.9 Å².